The van der Waals surface area contributed by atoms with Gasteiger partial charge in [-0.1, -0.05) is 206 Å². The summed E-state index contributed by atoms with van der Waals surface area (Å²) < 4.78 is 0. The maximum absolute atomic E-state index is 5.13. The van der Waals surface area contributed by atoms with Gasteiger partial charge in [-0.3, -0.25) is 0 Å². The molecule has 0 fully saturated rings. The van der Waals surface area contributed by atoms with Crippen LogP contribution < -0.4 is 0 Å². The first-order valence-electron chi connectivity index (χ1n) is 19.2. The summed E-state index contributed by atoms with van der Waals surface area (Å²) in [5.41, 5.74) is 16.2. The standard InChI is InChI=1S/C55H37N/c1-5-15-38(16-6-1)47-36-52(42-17-7-2-8-18-42)56-53(37-47)43-31-29-40(30-32-43)39-25-27-41(28-26-39)46-33-34-50-51(35-46)55(45-21-11-4-12-22-45)49-24-14-13-23-48(49)54(50)44-19-9-3-10-20-44/h1-37H. The molecule has 10 aromatic rings. The van der Waals surface area contributed by atoms with E-state index in [-0.39, 0.29) is 0 Å². The minimum Gasteiger partial charge on any atom is -0.248 e. The Hall–Kier alpha value is -7.35. The summed E-state index contributed by atoms with van der Waals surface area (Å²) in [6.07, 6.45) is 0. The van der Waals surface area contributed by atoms with Crippen LogP contribution in [0, 0.1) is 0 Å². The van der Waals surface area contributed by atoms with E-state index in [4.69, 9.17) is 4.98 Å². The fourth-order valence-electron chi connectivity index (χ4n) is 8.11. The third-order valence-electron chi connectivity index (χ3n) is 10.9. The summed E-state index contributed by atoms with van der Waals surface area (Å²) in [6, 6.07) is 80.6. The molecule has 1 heterocycles. The lowest BCUT2D eigenvalue weighted by Crippen LogP contribution is -1.92. The highest BCUT2D eigenvalue weighted by Crippen LogP contribution is 2.45. The number of rotatable bonds is 7. The molecule has 0 saturated heterocycles. The topological polar surface area (TPSA) is 12.9 Å². The molecule has 0 atom stereocenters. The van der Waals surface area contributed by atoms with Crippen molar-refractivity contribution in [1.29, 1.82) is 0 Å². The molecule has 56 heavy (non-hydrogen) atoms. The third-order valence-corrected chi connectivity index (χ3v) is 10.9. The monoisotopic (exact) mass is 711 g/mol. The second-order valence-corrected chi connectivity index (χ2v) is 14.3. The molecule has 0 bridgehead atoms. The predicted octanol–water partition coefficient (Wildman–Crippen LogP) is 15.1. The Morgan fingerprint density at radius 2 is 0.518 bits per heavy atom. The largest absolute Gasteiger partial charge is 0.248 e. The van der Waals surface area contributed by atoms with Gasteiger partial charge in [0.1, 0.15) is 0 Å². The van der Waals surface area contributed by atoms with Crippen LogP contribution in [0.2, 0.25) is 0 Å². The van der Waals surface area contributed by atoms with E-state index >= 15 is 0 Å². The van der Waals surface area contributed by atoms with Crippen LogP contribution in [0.25, 0.3) is 99.7 Å². The lowest BCUT2D eigenvalue weighted by Gasteiger charge is -2.18. The first kappa shape index (κ1) is 33.2. The minimum atomic E-state index is 0.960. The van der Waals surface area contributed by atoms with E-state index < -0.39 is 0 Å². The fourth-order valence-corrected chi connectivity index (χ4v) is 8.11. The third kappa shape index (κ3) is 6.26. The zero-order valence-corrected chi connectivity index (χ0v) is 30.8. The molecule has 262 valence electrons. The van der Waals surface area contributed by atoms with Gasteiger partial charge in [0.05, 0.1) is 11.4 Å². The van der Waals surface area contributed by atoms with Crippen molar-refractivity contribution < 1.29 is 0 Å². The van der Waals surface area contributed by atoms with Gasteiger partial charge in [0.2, 0.25) is 0 Å². The van der Waals surface area contributed by atoms with Crippen LogP contribution in [0.1, 0.15) is 0 Å². The Kier molecular flexibility index (Phi) is 8.59. The van der Waals surface area contributed by atoms with E-state index in [0.29, 0.717) is 0 Å². The Balaban J connectivity index is 1.02. The van der Waals surface area contributed by atoms with Gasteiger partial charge in [0.25, 0.3) is 0 Å². The molecular formula is C55H37N. The van der Waals surface area contributed by atoms with Gasteiger partial charge in [-0.25, -0.2) is 4.98 Å². The normalized spacial score (nSPS) is 11.2. The Morgan fingerprint density at radius 1 is 0.196 bits per heavy atom. The molecule has 9 aromatic carbocycles. The van der Waals surface area contributed by atoms with Crippen LogP contribution in [-0.4, -0.2) is 4.98 Å². The molecule has 0 aliphatic heterocycles. The zero-order chi connectivity index (χ0) is 37.3. The number of fused-ring (bicyclic) bond motifs is 2. The molecule has 0 aliphatic rings. The molecule has 0 radical (unpaired) electrons. The van der Waals surface area contributed by atoms with Crippen molar-refractivity contribution in [2.75, 3.05) is 0 Å². The highest BCUT2D eigenvalue weighted by molar-refractivity contribution is 6.22. The molecule has 10 rings (SSSR count). The highest BCUT2D eigenvalue weighted by atomic mass is 14.7. The average Bonchev–Trinajstić information content (AvgIpc) is 3.29. The summed E-state index contributed by atoms with van der Waals surface area (Å²) in [6.45, 7) is 0. The van der Waals surface area contributed by atoms with Crippen LogP contribution >= 0.6 is 0 Å². The van der Waals surface area contributed by atoms with Gasteiger partial charge in [0, 0.05) is 11.1 Å². The Labute approximate surface area is 327 Å². The smallest absolute Gasteiger partial charge is 0.0715 e. The van der Waals surface area contributed by atoms with Gasteiger partial charge in [0.15, 0.2) is 0 Å². The van der Waals surface area contributed by atoms with Crippen LogP contribution in [0.3, 0.4) is 0 Å². The van der Waals surface area contributed by atoms with Gasteiger partial charge in [-0.2, -0.15) is 0 Å². The molecular weight excluding hydrogens is 675 g/mol. The average molecular weight is 712 g/mol. The summed E-state index contributed by atoms with van der Waals surface area (Å²) in [7, 11) is 0. The van der Waals surface area contributed by atoms with Crippen molar-refractivity contribution in [2.24, 2.45) is 0 Å². The lowest BCUT2D eigenvalue weighted by molar-refractivity contribution is 1.32. The van der Waals surface area contributed by atoms with E-state index in [1.54, 1.807) is 0 Å². The summed E-state index contributed by atoms with van der Waals surface area (Å²) in [5, 5.41) is 5.05. The molecule has 0 unspecified atom stereocenters. The number of pyridine rings is 1. The molecule has 0 N–H and O–H groups in total. The molecule has 0 spiro atoms. The molecule has 0 saturated carbocycles. The minimum absolute atomic E-state index is 0.960. The first-order chi connectivity index (χ1) is 27.8. The molecule has 1 aromatic heterocycles. The predicted molar refractivity (Wildman–Crippen MR) is 237 cm³/mol. The quantitative estimate of drug-likeness (QED) is 0.150. The molecule has 1 heteroatoms. The Morgan fingerprint density at radius 3 is 1.02 bits per heavy atom. The molecule has 0 amide bonds. The number of hydrogen-bond acceptors (Lipinski definition) is 1. The van der Waals surface area contributed by atoms with E-state index in [2.05, 4.69) is 218 Å². The second kappa shape index (κ2) is 14.5. The SMILES string of the molecule is c1ccc(-c2cc(-c3ccccc3)nc(-c3ccc(-c4ccc(-c5ccc6c(-c7ccccc7)c7ccccc7c(-c7ccccc7)c6c5)cc4)cc3)c2)cc1. The highest BCUT2D eigenvalue weighted by Gasteiger charge is 2.17. The van der Waals surface area contributed by atoms with Crippen LogP contribution in [0.5, 0.6) is 0 Å². The van der Waals surface area contributed by atoms with Crippen molar-refractivity contribution in [3.8, 4) is 78.1 Å². The van der Waals surface area contributed by atoms with Gasteiger partial charge < -0.3 is 0 Å². The molecule has 1 nitrogen and oxygen atoms in total. The van der Waals surface area contributed by atoms with Gasteiger partial charge in [-0.15, -0.1) is 0 Å². The summed E-state index contributed by atoms with van der Waals surface area (Å²) in [5.74, 6) is 0. The molecule has 0 aliphatic carbocycles. The maximum atomic E-state index is 5.13. The first-order valence-corrected chi connectivity index (χ1v) is 19.2. The second-order valence-electron chi connectivity index (χ2n) is 14.3. The van der Waals surface area contributed by atoms with Crippen molar-refractivity contribution in [3.63, 3.8) is 0 Å². The van der Waals surface area contributed by atoms with Crippen molar-refractivity contribution in [1.82, 2.24) is 4.98 Å². The number of benzene rings is 9. The van der Waals surface area contributed by atoms with Crippen molar-refractivity contribution in [2.45, 2.75) is 0 Å². The maximum Gasteiger partial charge on any atom is 0.0715 e. The van der Waals surface area contributed by atoms with E-state index in [9.17, 15) is 0 Å². The summed E-state index contributed by atoms with van der Waals surface area (Å²) >= 11 is 0. The van der Waals surface area contributed by atoms with Crippen LogP contribution in [0.4, 0.5) is 0 Å². The van der Waals surface area contributed by atoms with Crippen LogP contribution in [0.15, 0.2) is 224 Å². The van der Waals surface area contributed by atoms with Gasteiger partial charge >= 0.3 is 0 Å². The van der Waals surface area contributed by atoms with E-state index in [1.807, 2.05) is 6.07 Å². The lowest BCUT2D eigenvalue weighted by atomic mass is 9.85. The number of hydrogen-bond donors (Lipinski definition) is 0. The fraction of sp³-hybridized carbons (Fsp3) is 0. The van der Waals surface area contributed by atoms with Crippen LogP contribution in [-0.2, 0) is 0 Å². The van der Waals surface area contributed by atoms with Gasteiger partial charge in [-0.05, 0) is 95.4 Å². The number of aromatic nitrogens is 1. The van der Waals surface area contributed by atoms with E-state index in [1.165, 1.54) is 71.6 Å². The zero-order valence-electron chi connectivity index (χ0n) is 30.8. The van der Waals surface area contributed by atoms with Crippen molar-refractivity contribution in [3.05, 3.63) is 224 Å². The number of nitrogens with zero attached hydrogens (tertiary/aromatic N) is 1. The van der Waals surface area contributed by atoms with Crippen molar-refractivity contribution >= 4 is 21.5 Å². The Bertz CT molecular complexity index is 2890. The van der Waals surface area contributed by atoms with E-state index in [0.717, 1.165) is 28.1 Å². The summed E-state index contributed by atoms with van der Waals surface area (Å²) in [4.78, 5) is 5.13.